The van der Waals surface area contributed by atoms with Crippen molar-refractivity contribution in [3.63, 3.8) is 0 Å². The van der Waals surface area contributed by atoms with E-state index in [-0.39, 0.29) is 18.1 Å². The Balaban J connectivity index is 1.83. The van der Waals surface area contributed by atoms with Gasteiger partial charge in [-0.05, 0) is 25.0 Å². The third-order valence-corrected chi connectivity index (χ3v) is 3.37. The number of hydrogen-bond acceptors (Lipinski definition) is 5. The summed E-state index contributed by atoms with van der Waals surface area (Å²) in [6, 6.07) is 5.05. The lowest BCUT2D eigenvalue weighted by Gasteiger charge is -2.10. The summed E-state index contributed by atoms with van der Waals surface area (Å²) in [5, 5.41) is 18.1. The summed E-state index contributed by atoms with van der Waals surface area (Å²) >= 11 is 0. The number of anilines is 1. The quantitative estimate of drug-likeness (QED) is 0.645. The van der Waals surface area contributed by atoms with E-state index in [4.69, 9.17) is 0 Å². The number of benzene rings is 1. The van der Waals surface area contributed by atoms with Crippen LogP contribution in [0.4, 0.5) is 11.4 Å². The predicted octanol–water partition coefficient (Wildman–Crippen LogP) is 1.83. The van der Waals surface area contributed by atoms with Crippen molar-refractivity contribution in [2.75, 3.05) is 11.9 Å². The maximum atomic E-state index is 11.7. The fraction of sp³-hybridized carbons (Fsp3) is 0.286. The maximum Gasteiger partial charge on any atom is 0.278 e. The molecule has 0 atom stereocenters. The second kappa shape index (κ2) is 5.35. The SMILES string of the molecule is O=C(CNc1ccc([N+](=O)[O-])c2cnccc12)NC1CC1. The van der Waals surface area contributed by atoms with Crippen LogP contribution in [0, 0.1) is 10.1 Å². The summed E-state index contributed by atoms with van der Waals surface area (Å²) in [7, 11) is 0. The van der Waals surface area contributed by atoms with Crippen LogP contribution in [0.25, 0.3) is 10.8 Å². The lowest BCUT2D eigenvalue weighted by molar-refractivity contribution is -0.383. The van der Waals surface area contributed by atoms with Gasteiger partial charge < -0.3 is 10.6 Å². The Morgan fingerprint density at radius 3 is 2.86 bits per heavy atom. The standard InChI is InChI=1S/C14H14N4O3/c19-14(17-9-1-2-9)8-16-12-3-4-13(18(20)21)11-7-15-6-5-10(11)12/h3-7,9,16H,1-2,8H2,(H,17,19). The van der Waals surface area contributed by atoms with E-state index in [1.54, 1.807) is 18.3 Å². The minimum Gasteiger partial charge on any atom is -0.376 e. The van der Waals surface area contributed by atoms with E-state index < -0.39 is 4.92 Å². The van der Waals surface area contributed by atoms with Crippen molar-refractivity contribution >= 4 is 28.1 Å². The van der Waals surface area contributed by atoms with Crippen molar-refractivity contribution < 1.29 is 9.72 Å². The fourth-order valence-corrected chi connectivity index (χ4v) is 2.17. The molecule has 1 aliphatic rings. The second-order valence-corrected chi connectivity index (χ2v) is 5.01. The molecule has 1 amide bonds. The molecule has 1 aromatic carbocycles. The van der Waals surface area contributed by atoms with E-state index in [1.807, 2.05) is 0 Å². The number of pyridine rings is 1. The number of non-ortho nitro benzene ring substituents is 1. The molecule has 21 heavy (non-hydrogen) atoms. The monoisotopic (exact) mass is 286 g/mol. The minimum atomic E-state index is -0.437. The van der Waals surface area contributed by atoms with Crippen LogP contribution in [0.1, 0.15) is 12.8 Å². The van der Waals surface area contributed by atoms with Gasteiger partial charge in [0.05, 0.1) is 16.9 Å². The summed E-state index contributed by atoms with van der Waals surface area (Å²) in [5.74, 6) is -0.0712. The van der Waals surface area contributed by atoms with Gasteiger partial charge >= 0.3 is 0 Å². The zero-order valence-electron chi connectivity index (χ0n) is 11.2. The van der Waals surface area contributed by atoms with Gasteiger partial charge in [-0.15, -0.1) is 0 Å². The average molecular weight is 286 g/mol. The number of aromatic nitrogens is 1. The molecule has 0 spiro atoms. The highest BCUT2D eigenvalue weighted by Gasteiger charge is 2.23. The van der Waals surface area contributed by atoms with Crippen LogP contribution in [0.3, 0.4) is 0 Å². The van der Waals surface area contributed by atoms with E-state index >= 15 is 0 Å². The molecule has 108 valence electrons. The van der Waals surface area contributed by atoms with Crippen molar-refractivity contribution in [1.82, 2.24) is 10.3 Å². The minimum absolute atomic E-state index is 0.00563. The molecule has 1 saturated carbocycles. The number of amides is 1. The summed E-state index contributed by atoms with van der Waals surface area (Å²) in [6.45, 7) is 0.145. The molecule has 0 radical (unpaired) electrons. The first-order valence-electron chi connectivity index (χ1n) is 6.69. The number of nitro groups is 1. The first kappa shape index (κ1) is 13.3. The van der Waals surface area contributed by atoms with Crippen LogP contribution >= 0.6 is 0 Å². The zero-order valence-corrected chi connectivity index (χ0v) is 11.2. The van der Waals surface area contributed by atoms with E-state index in [9.17, 15) is 14.9 Å². The molecule has 0 unspecified atom stereocenters. The highest BCUT2D eigenvalue weighted by molar-refractivity contribution is 5.99. The second-order valence-electron chi connectivity index (χ2n) is 5.01. The molecule has 2 aromatic rings. The van der Waals surface area contributed by atoms with Gasteiger partial charge in [0.25, 0.3) is 5.69 Å². The van der Waals surface area contributed by atoms with Crippen molar-refractivity contribution in [2.24, 2.45) is 0 Å². The Labute approximate surface area is 120 Å². The van der Waals surface area contributed by atoms with Gasteiger partial charge in [-0.2, -0.15) is 0 Å². The van der Waals surface area contributed by atoms with E-state index in [2.05, 4.69) is 15.6 Å². The van der Waals surface area contributed by atoms with Crippen LogP contribution in [0.2, 0.25) is 0 Å². The molecule has 1 heterocycles. The lowest BCUT2D eigenvalue weighted by Crippen LogP contribution is -2.31. The molecular formula is C14H14N4O3. The molecule has 0 saturated heterocycles. The van der Waals surface area contributed by atoms with Crippen molar-refractivity contribution in [3.8, 4) is 0 Å². The van der Waals surface area contributed by atoms with Gasteiger partial charge in [0.15, 0.2) is 0 Å². The zero-order chi connectivity index (χ0) is 14.8. The maximum absolute atomic E-state index is 11.7. The molecule has 7 nitrogen and oxygen atoms in total. The van der Waals surface area contributed by atoms with Gasteiger partial charge in [0.2, 0.25) is 5.91 Å². The predicted molar refractivity (Wildman–Crippen MR) is 78.1 cm³/mol. The molecule has 0 aliphatic heterocycles. The first-order chi connectivity index (χ1) is 10.1. The Hall–Kier alpha value is -2.70. The molecular weight excluding hydrogens is 272 g/mol. The van der Waals surface area contributed by atoms with Gasteiger partial charge in [-0.3, -0.25) is 19.9 Å². The van der Waals surface area contributed by atoms with Gasteiger partial charge in [0.1, 0.15) is 0 Å². The number of nitrogens with zero attached hydrogens (tertiary/aromatic N) is 2. The average Bonchev–Trinajstić information content (AvgIpc) is 3.28. The number of hydrogen-bond donors (Lipinski definition) is 2. The van der Waals surface area contributed by atoms with E-state index in [1.165, 1.54) is 12.3 Å². The first-order valence-corrected chi connectivity index (χ1v) is 6.69. The summed E-state index contributed by atoms with van der Waals surface area (Å²) in [4.78, 5) is 26.2. The number of carbonyl (C=O) groups is 1. The summed E-state index contributed by atoms with van der Waals surface area (Å²) < 4.78 is 0. The lowest BCUT2D eigenvalue weighted by atomic mass is 10.1. The number of fused-ring (bicyclic) bond motifs is 1. The van der Waals surface area contributed by atoms with E-state index in [0.717, 1.165) is 12.8 Å². The molecule has 2 N–H and O–H groups in total. The molecule has 3 rings (SSSR count). The Morgan fingerprint density at radius 1 is 1.33 bits per heavy atom. The highest BCUT2D eigenvalue weighted by atomic mass is 16.6. The van der Waals surface area contributed by atoms with Crippen LogP contribution in [-0.2, 0) is 4.79 Å². The third kappa shape index (κ3) is 2.91. The molecule has 1 aliphatic carbocycles. The van der Waals surface area contributed by atoms with Crippen molar-refractivity contribution in [1.29, 1.82) is 0 Å². The number of nitrogens with one attached hydrogen (secondary N) is 2. The van der Waals surface area contributed by atoms with Crippen LogP contribution < -0.4 is 10.6 Å². The summed E-state index contributed by atoms with van der Waals surface area (Å²) in [6.07, 6.45) is 5.11. The number of rotatable bonds is 5. The van der Waals surface area contributed by atoms with Crippen molar-refractivity contribution in [2.45, 2.75) is 18.9 Å². The topological polar surface area (TPSA) is 97.2 Å². The molecule has 1 fully saturated rings. The van der Waals surface area contributed by atoms with Crippen LogP contribution in [-0.4, -0.2) is 28.4 Å². The largest absolute Gasteiger partial charge is 0.376 e. The van der Waals surface area contributed by atoms with E-state index in [0.29, 0.717) is 22.5 Å². The van der Waals surface area contributed by atoms with Crippen LogP contribution in [0.5, 0.6) is 0 Å². The third-order valence-electron chi connectivity index (χ3n) is 3.37. The smallest absolute Gasteiger partial charge is 0.278 e. The van der Waals surface area contributed by atoms with Gasteiger partial charge in [-0.1, -0.05) is 0 Å². The van der Waals surface area contributed by atoms with Gasteiger partial charge in [-0.25, -0.2) is 0 Å². The fourth-order valence-electron chi connectivity index (χ4n) is 2.17. The number of carbonyl (C=O) groups excluding carboxylic acids is 1. The highest BCUT2D eigenvalue weighted by Crippen LogP contribution is 2.30. The van der Waals surface area contributed by atoms with Crippen LogP contribution in [0.15, 0.2) is 30.6 Å². The Bertz CT molecular complexity index is 712. The van der Waals surface area contributed by atoms with Crippen molar-refractivity contribution in [3.05, 3.63) is 40.7 Å². The molecule has 7 heteroatoms. The summed E-state index contributed by atoms with van der Waals surface area (Å²) in [5.41, 5.74) is 0.690. The molecule has 1 aromatic heterocycles. The van der Waals surface area contributed by atoms with Gasteiger partial charge in [0, 0.05) is 35.6 Å². The Morgan fingerprint density at radius 2 is 2.14 bits per heavy atom. The number of nitro benzene ring substituents is 1. The normalized spacial score (nSPS) is 13.9. The molecule has 0 bridgehead atoms. The Kier molecular flexibility index (Phi) is 3.39.